The molecule has 0 saturated carbocycles. The van der Waals surface area contributed by atoms with Gasteiger partial charge in [-0.15, -0.1) is 0 Å². The van der Waals surface area contributed by atoms with Crippen LogP contribution in [0.4, 0.5) is 0 Å². The van der Waals surface area contributed by atoms with Crippen molar-refractivity contribution in [1.82, 2.24) is 0 Å². The van der Waals surface area contributed by atoms with Crippen molar-refractivity contribution in [2.45, 2.75) is 32.8 Å². The molecule has 0 bridgehead atoms. The molecule has 76 valence electrons. The first-order valence-corrected chi connectivity index (χ1v) is 4.50. The summed E-state index contributed by atoms with van der Waals surface area (Å²) in [5, 5.41) is 8.52. The Morgan fingerprint density at radius 1 is 1.46 bits per heavy atom. The average Bonchev–Trinajstić information content (AvgIpc) is 2.04. The summed E-state index contributed by atoms with van der Waals surface area (Å²) >= 11 is 0. The zero-order valence-electron chi connectivity index (χ0n) is 9.00. The standard InChI is InChI=1S/C11H20O2/c1-10(7-5-6-8-12)9-11(2,3)13-4/h5-7,12H,8-9H2,1-4H3/b6-5+,10-7+. The van der Waals surface area contributed by atoms with Crippen LogP contribution in [0, 0.1) is 0 Å². The van der Waals surface area contributed by atoms with Gasteiger partial charge in [0.15, 0.2) is 0 Å². The highest BCUT2D eigenvalue weighted by atomic mass is 16.5. The van der Waals surface area contributed by atoms with Gasteiger partial charge in [-0.3, -0.25) is 0 Å². The van der Waals surface area contributed by atoms with E-state index >= 15 is 0 Å². The van der Waals surface area contributed by atoms with Gasteiger partial charge in [0, 0.05) is 7.11 Å². The quantitative estimate of drug-likeness (QED) is 0.664. The molecule has 13 heavy (non-hydrogen) atoms. The molecule has 0 saturated heterocycles. The molecule has 0 atom stereocenters. The van der Waals surface area contributed by atoms with E-state index in [0.29, 0.717) is 0 Å². The minimum atomic E-state index is -0.104. The lowest BCUT2D eigenvalue weighted by Crippen LogP contribution is -2.22. The number of hydrogen-bond acceptors (Lipinski definition) is 2. The number of methoxy groups -OCH3 is 1. The zero-order valence-corrected chi connectivity index (χ0v) is 9.00. The van der Waals surface area contributed by atoms with Crippen LogP contribution in [0.15, 0.2) is 23.8 Å². The van der Waals surface area contributed by atoms with E-state index in [2.05, 4.69) is 20.8 Å². The fourth-order valence-corrected chi connectivity index (χ4v) is 1.10. The van der Waals surface area contributed by atoms with Gasteiger partial charge in [-0.25, -0.2) is 0 Å². The number of rotatable bonds is 5. The highest BCUT2D eigenvalue weighted by Crippen LogP contribution is 2.18. The monoisotopic (exact) mass is 184 g/mol. The predicted octanol–water partition coefficient (Wildman–Crippen LogP) is 2.30. The lowest BCUT2D eigenvalue weighted by molar-refractivity contribution is 0.0233. The number of hydrogen-bond donors (Lipinski definition) is 1. The molecule has 0 aromatic heterocycles. The van der Waals surface area contributed by atoms with Gasteiger partial charge >= 0.3 is 0 Å². The molecule has 2 heteroatoms. The van der Waals surface area contributed by atoms with Gasteiger partial charge in [0.05, 0.1) is 12.2 Å². The molecule has 0 aliphatic heterocycles. The van der Waals surface area contributed by atoms with Gasteiger partial charge in [-0.05, 0) is 27.2 Å². The molecule has 0 heterocycles. The fourth-order valence-electron chi connectivity index (χ4n) is 1.10. The molecule has 0 aromatic carbocycles. The van der Waals surface area contributed by atoms with Gasteiger partial charge in [0.2, 0.25) is 0 Å². The van der Waals surface area contributed by atoms with Crippen molar-refractivity contribution in [2.24, 2.45) is 0 Å². The zero-order chi connectivity index (χ0) is 10.3. The van der Waals surface area contributed by atoms with Crippen molar-refractivity contribution in [3.63, 3.8) is 0 Å². The van der Waals surface area contributed by atoms with Crippen LogP contribution in [-0.2, 0) is 4.74 Å². The number of aliphatic hydroxyl groups is 1. The van der Waals surface area contributed by atoms with Gasteiger partial charge in [-0.1, -0.05) is 23.8 Å². The Kier molecular flexibility index (Phi) is 5.67. The second kappa shape index (κ2) is 5.95. The first-order valence-electron chi connectivity index (χ1n) is 4.50. The maximum Gasteiger partial charge on any atom is 0.0659 e. The maximum atomic E-state index is 8.52. The molecule has 2 nitrogen and oxygen atoms in total. The molecular weight excluding hydrogens is 164 g/mol. The predicted molar refractivity (Wildman–Crippen MR) is 55.7 cm³/mol. The third-order valence-corrected chi connectivity index (χ3v) is 1.88. The Balaban J connectivity index is 4.06. The van der Waals surface area contributed by atoms with Crippen LogP contribution in [0.2, 0.25) is 0 Å². The smallest absolute Gasteiger partial charge is 0.0659 e. The van der Waals surface area contributed by atoms with Crippen LogP contribution >= 0.6 is 0 Å². The van der Waals surface area contributed by atoms with Crippen molar-refractivity contribution in [3.05, 3.63) is 23.8 Å². The van der Waals surface area contributed by atoms with Crippen LogP contribution in [0.1, 0.15) is 27.2 Å². The summed E-state index contributed by atoms with van der Waals surface area (Å²) in [5.41, 5.74) is 1.14. The maximum absolute atomic E-state index is 8.52. The van der Waals surface area contributed by atoms with Crippen LogP contribution in [0.25, 0.3) is 0 Å². The van der Waals surface area contributed by atoms with Gasteiger partial charge in [0.1, 0.15) is 0 Å². The Hall–Kier alpha value is -0.600. The molecule has 0 amide bonds. The van der Waals surface area contributed by atoms with E-state index in [4.69, 9.17) is 9.84 Å². The molecule has 0 rings (SSSR count). The van der Waals surface area contributed by atoms with Crippen molar-refractivity contribution >= 4 is 0 Å². The van der Waals surface area contributed by atoms with E-state index in [1.807, 2.05) is 12.2 Å². The molecule has 0 fully saturated rings. The highest BCUT2D eigenvalue weighted by Gasteiger charge is 2.15. The lowest BCUT2D eigenvalue weighted by Gasteiger charge is -2.22. The Labute approximate surface area is 80.9 Å². The van der Waals surface area contributed by atoms with Gasteiger partial charge < -0.3 is 9.84 Å². The van der Waals surface area contributed by atoms with Crippen LogP contribution in [-0.4, -0.2) is 24.4 Å². The third kappa shape index (κ3) is 6.55. The fraction of sp³-hybridized carbons (Fsp3) is 0.636. The topological polar surface area (TPSA) is 29.5 Å². The molecular formula is C11H20O2. The van der Waals surface area contributed by atoms with Crippen molar-refractivity contribution in [1.29, 1.82) is 0 Å². The summed E-state index contributed by atoms with van der Waals surface area (Å²) < 4.78 is 5.30. The van der Waals surface area contributed by atoms with E-state index < -0.39 is 0 Å². The van der Waals surface area contributed by atoms with Crippen LogP contribution in [0.5, 0.6) is 0 Å². The third-order valence-electron chi connectivity index (χ3n) is 1.88. The SMILES string of the molecule is COC(C)(C)C/C(C)=C/C=C/CO. The van der Waals surface area contributed by atoms with Crippen molar-refractivity contribution in [3.8, 4) is 0 Å². The number of aliphatic hydroxyl groups excluding tert-OH is 1. The Morgan fingerprint density at radius 3 is 2.54 bits per heavy atom. The second-order valence-electron chi connectivity index (χ2n) is 3.76. The molecule has 0 aliphatic rings. The Morgan fingerprint density at radius 2 is 2.08 bits per heavy atom. The minimum absolute atomic E-state index is 0.0947. The van der Waals surface area contributed by atoms with Crippen LogP contribution < -0.4 is 0 Å². The molecule has 0 aliphatic carbocycles. The van der Waals surface area contributed by atoms with Crippen molar-refractivity contribution in [2.75, 3.05) is 13.7 Å². The molecule has 0 spiro atoms. The molecule has 0 unspecified atom stereocenters. The average molecular weight is 184 g/mol. The van der Waals surface area contributed by atoms with E-state index in [-0.39, 0.29) is 12.2 Å². The number of allylic oxidation sites excluding steroid dienone is 2. The Bertz CT molecular complexity index is 190. The minimum Gasteiger partial charge on any atom is -0.392 e. The number of ether oxygens (including phenoxy) is 1. The summed E-state index contributed by atoms with van der Waals surface area (Å²) in [6, 6.07) is 0. The van der Waals surface area contributed by atoms with Gasteiger partial charge in [0.25, 0.3) is 0 Å². The van der Waals surface area contributed by atoms with E-state index in [1.54, 1.807) is 13.2 Å². The molecule has 0 aromatic rings. The summed E-state index contributed by atoms with van der Waals surface area (Å²) in [6.07, 6.45) is 6.47. The normalized spacial score (nSPS) is 14.1. The summed E-state index contributed by atoms with van der Waals surface area (Å²) in [7, 11) is 1.72. The van der Waals surface area contributed by atoms with E-state index in [9.17, 15) is 0 Å². The van der Waals surface area contributed by atoms with E-state index in [0.717, 1.165) is 6.42 Å². The molecule has 1 N–H and O–H groups in total. The lowest BCUT2D eigenvalue weighted by atomic mass is 9.99. The van der Waals surface area contributed by atoms with Crippen molar-refractivity contribution < 1.29 is 9.84 Å². The second-order valence-corrected chi connectivity index (χ2v) is 3.76. The van der Waals surface area contributed by atoms with E-state index in [1.165, 1.54) is 5.57 Å². The first-order chi connectivity index (χ1) is 6.02. The highest BCUT2D eigenvalue weighted by molar-refractivity contribution is 5.12. The largest absolute Gasteiger partial charge is 0.392 e. The molecule has 0 radical (unpaired) electrons. The summed E-state index contributed by atoms with van der Waals surface area (Å²) in [5.74, 6) is 0. The summed E-state index contributed by atoms with van der Waals surface area (Å²) in [4.78, 5) is 0. The summed E-state index contributed by atoms with van der Waals surface area (Å²) in [6.45, 7) is 6.26. The van der Waals surface area contributed by atoms with Gasteiger partial charge in [-0.2, -0.15) is 0 Å². The van der Waals surface area contributed by atoms with Crippen LogP contribution in [0.3, 0.4) is 0 Å². The first kappa shape index (κ1) is 12.4.